The molecule has 1 atom stereocenters. The van der Waals surface area contributed by atoms with Crippen LogP contribution in [0, 0.1) is 22.7 Å². The molecule has 0 aromatic carbocycles. The third kappa shape index (κ3) is 2.05. The predicted octanol–water partition coefficient (Wildman–Crippen LogP) is 1.20. The Labute approximate surface area is 93.9 Å². The Hall–Kier alpha value is -1.85. The second-order valence-corrected chi connectivity index (χ2v) is 3.81. The molecule has 0 spiro atoms. The van der Waals surface area contributed by atoms with Gasteiger partial charge in [-0.05, 0) is 19.3 Å². The predicted molar refractivity (Wildman–Crippen MR) is 55.2 cm³/mol. The van der Waals surface area contributed by atoms with E-state index in [2.05, 4.69) is 4.98 Å². The Morgan fingerprint density at radius 3 is 2.94 bits per heavy atom. The summed E-state index contributed by atoms with van der Waals surface area (Å²) in [6, 6.07) is 3.92. The van der Waals surface area contributed by atoms with Gasteiger partial charge in [0.2, 0.25) is 0 Å². The lowest BCUT2D eigenvalue weighted by atomic mass is 10.1. The summed E-state index contributed by atoms with van der Waals surface area (Å²) in [6.45, 7) is 1.39. The van der Waals surface area contributed by atoms with Crippen molar-refractivity contribution < 1.29 is 4.74 Å². The van der Waals surface area contributed by atoms with Crippen molar-refractivity contribution in [2.45, 2.75) is 31.9 Å². The Morgan fingerprint density at radius 1 is 1.44 bits per heavy atom. The van der Waals surface area contributed by atoms with Gasteiger partial charge in [-0.15, -0.1) is 0 Å². The van der Waals surface area contributed by atoms with E-state index >= 15 is 0 Å². The second kappa shape index (κ2) is 4.78. The Bertz CT molecular complexity index is 446. The normalized spacial score (nSPS) is 20.0. The van der Waals surface area contributed by atoms with E-state index in [4.69, 9.17) is 15.3 Å². The van der Waals surface area contributed by atoms with E-state index in [1.165, 1.54) is 6.33 Å². The van der Waals surface area contributed by atoms with Crippen molar-refractivity contribution >= 4 is 0 Å². The summed E-state index contributed by atoms with van der Waals surface area (Å²) in [5.41, 5.74) is 0.523. The molecule has 16 heavy (non-hydrogen) atoms. The average molecular weight is 216 g/mol. The molecule has 0 aliphatic carbocycles. The molecule has 5 nitrogen and oxygen atoms in total. The molecule has 0 saturated carbocycles. The van der Waals surface area contributed by atoms with Crippen LogP contribution in [-0.4, -0.2) is 22.3 Å². The second-order valence-electron chi connectivity index (χ2n) is 3.81. The molecule has 2 rings (SSSR count). The highest BCUT2D eigenvalue weighted by molar-refractivity contribution is 5.36. The molecule has 2 heterocycles. The lowest BCUT2D eigenvalue weighted by Crippen LogP contribution is -2.24. The first-order chi connectivity index (χ1) is 7.85. The fourth-order valence-electron chi connectivity index (χ4n) is 1.89. The number of nitrogens with zero attached hydrogens (tertiary/aromatic N) is 4. The molecule has 1 aromatic heterocycles. The number of imidazole rings is 1. The van der Waals surface area contributed by atoms with E-state index in [0.717, 1.165) is 25.9 Å². The molecule has 0 N–H and O–H groups in total. The Kier molecular flexibility index (Phi) is 3.19. The molecule has 0 radical (unpaired) electrons. The van der Waals surface area contributed by atoms with Gasteiger partial charge in [0.05, 0.1) is 19.0 Å². The molecule has 0 unspecified atom stereocenters. The van der Waals surface area contributed by atoms with Gasteiger partial charge in [-0.2, -0.15) is 10.5 Å². The largest absolute Gasteiger partial charge is 0.376 e. The van der Waals surface area contributed by atoms with Gasteiger partial charge in [-0.3, -0.25) is 0 Å². The van der Waals surface area contributed by atoms with Gasteiger partial charge in [-0.1, -0.05) is 0 Å². The maximum absolute atomic E-state index is 8.95. The van der Waals surface area contributed by atoms with E-state index in [1.807, 2.05) is 12.1 Å². The van der Waals surface area contributed by atoms with E-state index in [9.17, 15) is 0 Å². The van der Waals surface area contributed by atoms with Crippen LogP contribution in [0.3, 0.4) is 0 Å². The van der Waals surface area contributed by atoms with Crippen molar-refractivity contribution in [1.29, 1.82) is 10.5 Å². The summed E-state index contributed by atoms with van der Waals surface area (Å²) in [4.78, 5) is 3.89. The summed E-state index contributed by atoms with van der Waals surface area (Å²) in [7, 11) is 0. The lowest BCUT2D eigenvalue weighted by Gasteiger charge is -2.22. The van der Waals surface area contributed by atoms with Gasteiger partial charge in [0.25, 0.3) is 0 Å². The highest BCUT2D eigenvalue weighted by Gasteiger charge is 2.17. The van der Waals surface area contributed by atoms with Crippen molar-refractivity contribution in [2.24, 2.45) is 0 Å². The standard InChI is InChI=1S/C11H12N4O/c12-5-10-11(6-13)15(8-14-10)7-9-3-1-2-4-16-9/h8-9H,1-4,7H2/t9-/m1/s1. The third-order valence-electron chi connectivity index (χ3n) is 2.72. The molecular weight excluding hydrogens is 204 g/mol. The van der Waals surface area contributed by atoms with Crippen molar-refractivity contribution in [2.75, 3.05) is 6.61 Å². The van der Waals surface area contributed by atoms with Crippen LogP contribution in [-0.2, 0) is 11.3 Å². The van der Waals surface area contributed by atoms with Crippen molar-refractivity contribution in [1.82, 2.24) is 9.55 Å². The highest BCUT2D eigenvalue weighted by atomic mass is 16.5. The number of nitriles is 2. The van der Waals surface area contributed by atoms with Crippen LogP contribution in [0.25, 0.3) is 0 Å². The quantitative estimate of drug-likeness (QED) is 0.744. The van der Waals surface area contributed by atoms with Gasteiger partial charge in [-0.25, -0.2) is 4.98 Å². The molecule has 1 aliphatic heterocycles. The SMILES string of the molecule is N#Cc1ncn(C[C@H]2CCCCO2)c1C#N. The zero-order valence-corrected chi connectivity index (χ0v) is 8.89. The summed E-state index contributed by atoms with van der Waals surface area (Å²) in [5, 5.41) is 17.7. The van der Waals surface area contributed by atoms with Crippen LogP contribution in [0.1, 0.15) is 30.7 Å². The van der Waals surface area contributed by atoms with Crippen LogP contribution in [0.5, 0.6) is 0 Å². The monoisotopic (exact) mass is 216 g/mol. The number of rotatable bonds is 2. The lowest BCUT2D eigenvalue weighted by molar-refractivity contribution is 0.00585. The smallest absolute Gasteiger partial charge is 0.176 e. The van der Waals surface area contributed by atoms with E-state index in [0.29, 0.717) is 12.2 Å². The molecule has 1 aromatic rings. The maximum atomic E-state index is 8.95. The van der Waals surface area contributed by atoms with Crippen LogP contribution in [0.4, 0.5) is 0 Å². The fraction of sp³-hybridized carbons (Fsp3) is 0.545. The maximum Gasteiger partial charge on any atom is 0.176 e. The minimum atomic E-state index is 0.140. The average Bonchev–Trinajstić information content (AvgIpc) is 2.72. The van der Waals surface area contributed by atoms with Crippen LogP contribution in [0.2, 0.25) is 0 Å². The summed E-state index contributed by atoms with van der Waals surface area (Å²) < 4.78 is 7.29. The van der Waals surface area contributed by atoms with Gasteiger partial charge in [0.1, 0.15) is 12.1 Å². The van der Waals surface area contributed by atoms with Crippen molar-refractivity contribution in [3.63, 3.8) is 0 Å². The fourth-order valence-corrected chi connectivity index (χ4v) is 1.89. The van der Waals surface area contributed by atoms with Crippen LogP contribution < -0.4 is 0 Å². The molecule has 82 valence electrons. The van der Waals surface area contributed by atoms with Gasteiger partial charge < -0.3 is 9.30 Å². The molecule has 0 amide bonds. The Balaban J connectivity index is 2.12. The molecule has 1 fully saturated rings. The highest BCUT2D eigenvalue weighted by Crippen LogP contribution is 2.16. The minimum Gasteiger partial charge on any atom is -0.376 e. The topological polar surface area (TPSA) is 74.6 Å². The van der Waals surface area contributed by atoms with Gasteiger partial charge >= 0.3 is 0 Å². The summed E-state index contributed by atoms with van der Waals surface area (Å²) in [6.07, 6.45) is 4.95. The van der Waals surface area contributed by atoms with Crippen molar-refractivity contribution in [3.8, 4) is 12.1 Å². The summed E-state index contributed by atoms with van der Waals surface area (Å²) in [5.74, 6) is 0. The van der Waals surface area contributed by atoms with E-state index in [-0.39, 0.29) is 11.8 Å². The van der Waals surface area contributed by atoms with Gasteiger partial charge in [0, 0.05) is 6.61 Å². The number of hydrogen-bond donors (Lipinski definition) is 0. The zero-order chi connectivity index (χ0) is 11.4. The van der Waals surface area contributed by atoms with E-state index < -0.39 is 0 Å². The first-order valence-corrected chi connectivity index (χ1v) is 5.32. The van der Waals surface area contributed by atoms with Crippen molar-refractivity contribution in [3.05, 3.63) is 17.7 Å². The molecule has 1 saturated heterocycles. The third-order valence-corrected chi connectivity index (χ3v) is 2.72. The Morgan fingerprint density at radius 2 is 2.31 bits per heavy atom. The number of ether oxygens (including phenoxy) is 1. The number of hydrogen-bond acceptors (Lipinski definition) is 4. The molecule has 1 aliphatic rings. The van der Waals surface area contributed by atoms with Crippen LogP contribution in [0.15, 0.2) is 6.33 Å². The first kappa shape index (κ1) is 10.7. The van der Waals surface area contributed by atoms with Crippen LogP contribution >= 0.6 is 0 Å². The minimum absolute atomic E-state index is 0.140. The molecular formula is C11H12N4O. The molecule has 5 heteroatoms. The zero-order valence-electron chi connectivity index (χ0n) is 8.89. The van der Waals surface area contributed by atoms with Gasteiger partial charge in [0.15, 0.2) is 11.4 Å². The first-order valence-electron chi connectivity index (χ1n) is 5.32. The van der Waals surface area contributed by atoms with E-state index in [1.54, 1.807) is 4.57 Å². The molecule has 0 bridgehead atoms. The number of aromatic nitrogens is 2. The summed E-state index contributed by atoms with van der Waals surface area (Å²) >= 11 is 0.